The third-order valence-electron chi connectivity index (χ3n) is 3.16. The van der Waals surface area contributed by atoms with Gasteiger partial charge < -0.3 is 5.32 Å². The van der Waals surface area contributed by atoms with Gasteiger partial charge in [-0.25, -0.2) is 0 Å². The number of hydrogen-bond acceptors (Lipinski definition) is 1. The van der Waals surface area contributed by atoms with Gasteiger partial charge in [-0.05, 0) is 41.3 Å². The van der Waals surface area contributed by atoms with Crippen molar-refractivity contribution >= 4 is 11.6 Å². The minimum atomic E-state index is 0.510. The van der Waals surface area contributed by atoms with E-state index in [-0.39, 0.29) is 0 Å². The van der Waals surface area contributed by atoms with Gasteiger partial charge in [0.15, 0.2) is 0 Å². The number of halogens is 1. The summed E-state index contributed by atoms with van der Waals surface area (Å²) >= 11 is 5.93. The monoisotopic (exact) mass is 273 g/mol. The number of benzene rings is 2. The zero-order valence-corrected chi connectivity index (χ0v) is 12.5. The van der Waals surface area contributed by atoms with Crippen molar-refractivity contribution in [1.29, 1.82) is 0 Å². The van der Waals surface area contributed by atoms with E-state index in [0.717, 1.165) is 11.6 Å². The molecule has 0 unspecified atom stereocenters. The van der Waals surface area contributed by atoms with Gasteiger partial charge in [0, 0.05) is 17.6 Å². The van der Waals surface area contributed by atoms with Crippen LogP contribution < -0.4 is 5.32 Å². The Balaban J connectivity index is 2.21. The van der Waals surface area contributed by atoms with Gasteiger partial charge in [-0.15, -0.1) is 0 Å². The molecular formula is C17H20ClN. The lowest BCUT2D eigenvalue weighted by Gasteiger charge is -2.11. The van der Waals surface area contributed by atoms with Crippen molar-refractivity contribution in [2.45, 2.75) is 33.4 Å². The Kier molecular flexibility index (Phi) is 4.62. The van der Waals surface area contributed by atoms with Crippen molar-refractivity contribution < 1.29 is 0 Å². The molecule has 2 rings (SSSR count). The molecule has 100 valence electrons. The molecule has 19 heavy (non-hydrogen) atoms. The van der Waals surface area contributed by atoms with Crippen LogP contribution in [0.5, 0.6) is 0 Å². The lowest BCUT2D eigenvalue weighted by molar-refractivity contribution is 0.589. The Morgan fingerprint density at radius 3 is 2.32 bits per heavy atom. The largest absolute Gasteiger partial charge is 0.310 e. The first-order valence-electron chi connectivity index (χ1n) is 6.65. The Labute approximate surface area is 120 Å². The van der Waals surface area contributed by atoms with Crippen LogP contribution >= 0.6 is 11.6 Å². The summed E-state index contributed by atoms with van der Waals surface area (Å²) in [6, 6.07) is 15.1. The van der Waals surface area contributed by atoms with Gasteiger partial charge in [0.05, 0.1) is 0 Å². The first-order valence-corrected chi connectivity index (χ1v) is 7.03. The topological polar surface area (TPSA) is 12.0 Å². The van der Waals surface area contributed by atoms with Crippen molar-refractivity contribution in [3.05, 3.63) is 58.6 Å². The van der Waals surface area contributed by atoms with Gasteiger partial charge in [-0.2, -0.15) is 0 Å². The van der Waals surface area contributed by atoms with Crippen LogP contribution in [0.3, 0.4) is 0 Å². The number of nitrogens with one attached hydrogen (secondary N) is 1. The van der Waals surface area contributed by atoms with Crippen LogP contribution in [0.2, 0.25) is 5.02 Å². The van der Waals surface area contributed by atoms with Crippen LogP contribution in [0.1, 0.15) is 25.0 Å². The normalized spacial score (nSPS) is 11.0. The third-order valence-corrected chi connectivity index (χ3v) is 3.41. The second-order valence-electron chi connectivity index (χ2n) is 5.19. The summed E-state index contributed by atoms with van der Waals surface area (Å²) in [5.41, 5.74) is 5.10. The van der Waals surface area contributed by atoms with Crippen LogP contribution in [0.25, 0.3) is 11.1 Å². The van der Waals surface area contributed by atoms with E-state index in [1.54, 1.807) is 0 Å². The number of hydrogen-bond donors (Lipinski definition) is 1. The maximum atomic E-state index is 5.93. The summed E-state index contributed by atoms with van der Waals surface area (Å²) in [4.78, 5) is 0. The minimum Gasteiger partial charge on any atom is -0.310 e. The van der Waals surface area contributed by atoms with Gasteiger partial charge in [0.1, 0.15) is 0 Å². The van der Waals surface area contributed by atoms with Gasteiger partial charge in [0.25, 0.3) is 0 Å². The zero-order chi connectivity index (χ0) is 13.8. The highest BCUT2D eigenvalue weighted by molar-refractivity contribution is 6.30. The van der Waals surface area contributed by atoms with Crippen LogP contribution in [-0.2, 0) is 6.54 Å². The summed E-state index contributed by atoms with van der Waals surface area (Å²) in [7, 11) is 0. The van der Waals surface area contributed by atoms with Gasteiger partial charge in [0.2, 0.25) is 0 Å². The predicted octanol–water partition coefficient (Wildman–Crippen LogP) is 4.81. The smallest absolute Gasteiger partial charge is 0.0406 e. The lowest BCUT2D eigenvalue weighted by Crippen LogP contribution is -2.21. The zero-order valence-electron chi connectivity index (χ0n) is 11.7. The van der Waals surface area contributed by atoms with E-state index in [9.17, 15) is 0 Å². The van der Waals surface area contributed by atoms with Crippen LogP contribution in [0.4, 0.5) is 0 Å². The van der Waals surface area contributed by atoms with Crippen molar-refractivity contribution in [2.75, 3.05) is 0 Å². The van der Waals surface area contributed by atoms with E-state index in [4.69, 9.17) is 11.6 Å². The highest BCUT2D eigenvalue weighted by Crippen LogP contribution is 2.25. The molecule has 0 heterocycles. The highest BCUT2D eigenvalue weighted by Gasteiger charge is 2.03. The Bertz CT molecular complexity index is 544. The van der Waals surface area contributed by atoms with Crippen molar-refractivity contribution in [2.24, 2.45) is 0 Å². The van der Waals surface area contributed by atoms with Crippen molar-refractivity contribution in [1.82, 2.24) is 5.32 Å². The SMILES string of the molecule is Cc1cc(CNC(C)C)ccc1-c1ccc(Cl)cc1. The average molecular weight is 274 g/mol. The second kappa shape index (κ2) is 6.23. The fraction of sp³-hybridized carbons (Fsp3) is 0.294. The maximum absolute atomic E-state index is 5.93. The molecular weight excluding hydrogens is 254 g/mol. The Hall–Kier alpha value is -1.31. The molecule has 0 radical (unpaired) electrons. The fourth-order valence-electron chi connectivity index (χ4n) is 2.11. The quantitative estimate of drug-likeness (QED) is 0.843. The first kappa shape index (κ1) is 14.1. The van der Waals surface area contributed by atoms with E-state index in [1.165, 1.54) is 22.3 Å². The van der Waals surface area contributed by atoms with Gasteiger partial charge in [-0.3, -0.25) is 0 Å². The minimum absolute atomic E-state index is 0.510. The molecule has 0 fully saturated rings. The predicted molar refractivity (Wildman–Crippen MR) is 83.6 cm³/mol. The second-order valence-corrected chi connectivity index (χ2v) is 5.63. The fourth-order valence-corrected chi connectivity index (χ4v) is 2.24. The van der Waals surface area contributed by atoms with Crippen LogP contribution in [-0.4, -0.2) is 6.04 Å². The first-order chi connectivity index (χ1) is 9.06. The molecule has 0 aromatic heterocycles. The molecule has 0 aliphatic carbocycles. The molecule has 2 aromatic rings. The summed E-state index contributed by atoms with van der Waals surface area (Å²) < 4.78 is 0. The van der Waals surface area contributed by atoms with Crippen molar-refractivity contribution in [3.63, 3.8) is 0 Å². The van der Waals surface area contributed by atoms with E-state index in [0.29, 0.717) is 6.04 Å². The maximum Gasteiger partial charge on any atom is 0.0406 e. The summed E-state index contributed by atoms with van der Waals surface area (Å²) in [5, 5.41) is 4.22. The number of aryl methyl sites for hydroxylation is 1. The average Bonchev–Trinajstić information content (AvgIpc) is 2.38. The standard InChI is InChI=1S/C17H20ClN/c1-12(2)19-11-14-4-9-17(13(3)10-14)15-5-7-16(18)8-6-15/h4-10,12,19H,11H2,1-3H3. The molecule has 0 saturated carbocycles. The van der Waals surface area contributed by atoms with Crippen LogP contribution in [0.15, 0.2) is 42.5 Å². The van der Waals surface area contributed by atoms with E-state index >= 15 is 0 Å². The molecule has 0 aliphatic rings. The molecule has 1 nitrogen and oxygen atoms in total. The highest BCUT2D eigenvalue weighted by atomic mass is 35.5. The van der Waals surface area contributed by atoms with E-state index in [2.05, 4.69) is 56.4 Å². The van der Waals surface area contributed by atoms with Crippen molar-refractivity contribution in [3.8, 4) is 11.1 Å². The molecule has 2 aromatic carbocycles. The summed E-state index contributed by atoms with van der Waals surface area (Å²) in [6.45, 7) is 7.39. The van der Waals surface area contributed by atoms with Crippen LogP contribution in [0, 0.1) is 6.92 Å². The molecule has 2 heteroatoms. The van der Waals surface area contributed by atoms with E-state index < -0.39 is 0 Å². The Morgan fingerprint density at radius 1 is 1.05 bits per heavy atom. The molecule has 0 aliphatic heterocycles. The van der Waals surface area contributed by atoms with E-state index in [1.807, 2.05) is 12.1 Å². The molecule has 0 atom stereocenters. The molecule has 0 spiro atoms. The number of rotatable bonds is 4. The summed E-state index contributed by atoms with van der Waals surface area (Å²) in [6.07, 6.45) is 0. The molecule has 0 saturated heterocycles. The Morgan fingerprint density at radius 2 is 1.74 bits per heavy atom. The molecule has 0 amide bonds. The van der Waals surface area contributed by atoms with Gasteiger partial charge in [-0.1, -0.05) is 55.8 Å². The molecule has 1 N–H and O–H groups in total. The van der Waals surface area contributed by atoms with Gasteiger partial charge >= 0.3 is 0 Å². The molecule has 0 bridgehead atoms. The summed E-state index contributed by atoms with van der Waals surface area (Å²) in [5.74, 6) is 0. The third kappa shape index (κ3) is 3.82. The lowest BCUT2D eigenvalue weighted by atomic mass is 9.98.